The van der Waals surface area contributed by atoms with Crippen LogP contribution in [0.2, 0.25) is 0 Å². The van der Waals surface area contributed by atoms with Gasteiger partial charge in [-0.2, -0.15) is 4.98 Å². The lowest BCUT2D eigenvalue weighted by Crippen LogP contribution is -2.21. The van der Waals surface area contributed by atoms with Crippen LogP contribution in [-0.4, -0.2) is 29.4 Å². The van der Waals surface area contributed by atoms with Gasteiger partial charge in [-0.1, -0.05) is 19.0 Å². The number of aromatic nitrogens is 2. The van der Waals surface area contributed by atoms with Crippen molar-refractivity contribution in [3.63, 3.8) is 0 Å². The normalized spacial score (nSPS) is 20.8. The van der Waals surface area contributed by atoms with Gasteiger partial charge in [0, 0.05) is 19.6 Å². The van der Waals surface area contributed by atoms with Gasteiger partial charge in [0.2, 0.25) is 0 Å². The summed E-state index contributed by atoms with van der Waals surface area (Å²) >= 11 is 0. The minimum Gasteiger partial charge on any atom is -0.378 e. The number of ether oxygens (including phenoxy) is 1. The van der Waals surface area contributed by atoms with Crippen LogP contribution in [0.3, 0.4) is 0 Å². The van der Waals surface area contributed by atoms with Crippen LogP contribution in [0.25, 0.3) is 0 Å². The topological polar surface area (TPSA) is 60.2 Å². The zero-order valence-electron chi connectivity index (χ0n) is 10.6. The summed E-state index contributed by atoms with van der Waals surface area (Å²) in [6, 6.07) is 0.518. The molecule has 1 N–H and O–H groups in total. The molecule has 1 fully saturated rings. The van der Waals surface area contributed by atoms with Gasteiger partial charge in [0.05, 0.1) is 6.10 Å². The van der Waals surface area contributed by atoms with E-state index in [2.05, 4.69) is 29.3 Å². The van der Waals surface area contributed by atoms with E-state index in [4.69, 9.17) is 9.26 Å². The molecule has 1 aliphatic heterocycles. The van der Waals surface area contributed by atoms with Crippen LogP contribution in [0.15, 0.2) is 4.52 Å². The molecule has 1 unspecified atom stereocenters. The molecule has 1 aromatic rings. The quantitative estimate of drug-likeness (QED) is 0.854. The van der Waals surface area contributed by atoms with E-state index in [1.807, 2.05) is 0 Å². The second-order valence-corrected chi connectivity index (χ2v) is 4.98. The summed E-state index contributed by atoms with van der Waals surface area (Å²) in [6.45, 7) is 5.99. The lowest BCUT2D eigenvalue weighted by Gasteiger charge is -2.20. The van der Waals surface area contributed by atoms with Crippen molar-refractivity contribution >= 4 is 6.01 Å². The molecule has 96 valence electrons. The first-order chi connectivity index (χ1) is 8.24. The third-order valence-electron chi connectivity index (χ3n) is 2.81. The molecular formula is C12H21N3O2. The Kier molecular flexibility index (Phi) is 4.36. The molecule has 5 nitrogen and oxygen atoms in total. The van der Waals surface area contributed by atoms with Crippen LogP contribution < -0.4 is 5.32 Å². The van der Waals surface area contributed by atoms with Crippen LogP contribution >= 0.6 is 0 Å². The predicted octanol–water partition coefficient (Wildman–Crippen LogP) is 2.25. The van der Waals surface area contributed by atoms with Crippen LogP contribution in [-0.2, 0) is 11.2 Å². The standard InChI is InChI=1S/C12H21N3O2/c1-9(2)8-13-12-14-11(15-17-12)7-10-5-3-4-6-16-10/h9-10H,3-8H2,1-2H3,(H,13,14,15). The summed E-state index contributed by atoms with van der Waals surface area (Å²) in [7, 11) is 0. The zero-order chi connectivity index (χ0) is 12.1. The molecule has 17 heavy (non-hydrogen) atoms. The average Bonchev–Trinajstić information content (AvgIpc) is 2.75. The van der Waals surface area contributed by atoms with Gasteiger partial charge in [-0.3, -0.25) is 0 Å². The fourth-order valence-electron chi connectivity index (χ4n) is 1.87. The van der Waals surface area contributed by atoms with E-state index in [0.29, 0.717) is 11.9 Å². The lowest BCUT2D eigenvalue weighted by molar-refractivity contribution is 0.0153. The Labute approximate surface area is 102 Å². The molecule has 1 saturated heterocycles. The van der Waals surface area contributed by atoms with Crippen molar-refractivity contribution in [2.45, 2.75) is 45.6 Å². The van der Waals surface area contributed by atoms with Gasteiger partial charge in [-0.25, -0.2) is 0 Å². The fraction of sp³-hybridized carbons (Fsp3) is 0.833. The van der Waals surface area contributed by atoms with Gasteiger partial charge >= 0.3 is 6.01 Å². The minimum atomic E-state index is 0.263. The van der Waals surface area contributed by atoms with E-state index in [0.717, 1.165) is 31.8 Å². The van der Waals surface area contributed by atoms with Crippen molar-refractivity contribution < 1.29 is 9.26 Å². The van der Waals surface area contributed by atoms with Gasteiger partial charge in [0.15, 0.2) is 5.82 Å². The van der Waals surface area contributed by atoms with Crippen molar-refractivity contribution in [1.82, 2.24) is 10.1 Å². The maximum atomic E-state index is 5.65. The van der Waals surface area contributed by atoms with Crippen LogP contribution in [0.1, 0.15) is 38.9 Å². The molecule has 5 heteroatoms. The second-order valence-electron chi connectivity index (χ2n) is 4.98. The Morgan fingerprint density at radius 2 is 2.29 bits per heavy atom. The summed E-state index contributed by atoms with van der Waals surface area (Å²) in [6.07, 6.45) is 4.53. The maximum absolute atomic E-state index is 5.65. The largest absolute Gasteiger partial charge is 0.378 e. The number of hydrogen-bond donors (Lipinski definition) is 1. The van der Waals surface area contributed by atoms with E-state index < -0.39 is 0 Å². The zero-order valence-corrected chi connectivity index (χ0v) is 10.6. The van der Waals surface area contributed by atoms with Crippen molar-refractivity contribution in [2.24, 2.45) is 5.92 Å². The molecule has 2 rings (SSSR count). The number of nitrogens with one attached hydrogen (secondary N) is 1. The first-order valence-electron chi connectivity index (χ1n) is 6.42. The van der Waals surface area contributed by atoms with Crippen molar-refractivity contribution in [1.29, 1.82) is 0 Å². The molecule has 2 heterocycles. The van der Waals surface area contributed by atoms with Gasteiger partial charge in [0.1, 0.15) is 0 Å². The molecule has 0 radical (unpaired) electrons. The molecule has 1 atom stereocenters. The number of anilines is 1. The first kappa shape index (κ1) is 12.4. The highest BCUT2D eigenvalue weighted by Gasteiger charge is 2.17. The third-order valence-corrected chi connectivity index (χ3v) is 2.81. The van der Waals surface area contributed by atoms with Crippen molar-refractivity contribution in [2.75, 3.05) is 18.5 Å². The highest BCUT2D eigenvalue weighted by Crippen LogP contribution is 2.16. The smallest absolute Gasteiger partial charge is 0.321 e. The highest BCUT2D eigenvalue weighted by atomic mass is 16.5. The maximum Gasteiger partial charge on any atom is 0.321 e. The van der Waals surface area contributed by atoms with E-state index >= 15 is 0 Å². The Hall–Kier alpha value is -1.10. The Morgan fingerprint density at radius 1 is 1.41 bits per heavy atom. The van der Waals surface area contributed by atoms with Gasteiger partial charge in [-0.15, -0.1) is 0 Å². The monoisotopic (exact) mass is 239 g/mol. The van der Waals surface area contributed by atoms with Crippen LogP contribution in [0.4, 0.5) is 6.01 Å². The molecule has 0 spiro atoms. The highest BCUT2D eigenvalue weighted by molar-refractivity contribution is 5.18. The Morgan fingerprint density at radius 3 is 3.00 bits per heavy atom. The molecule has 0 saturated carbocycles. The average molecular weight is 239 g/mol. The SMILES string of the molecule is CC(C)CNc1nc(CC2CCCCO2)no1. The van der Waals surface area contributed by atoms with Gasteiger partial charge in [0.25, 0.3) is 0 Å². The summed E-state index contributed by atoms with van der Waals surface area (Å²) in [5, 5.41) is 7.08. The Bertz CT molecular complexity index is 332. The fourth-order valence-corrected chi connectivity index (χ4v) is 1.87. The van der Waals surface area contributed by atoms with Crippen molar-refractivity contribution in [3.05, 3.63) is 5.82 Å². The van der Waals surface area contributed by atoms with E-state index in [-0.39, 0.29) is 6.10 Å². The summed E-state index contributed by atoms with van der Waals surface area (Å²) < 4.78 is 10.8. The predicted molar refractivity (Wildman–Crippen MR) is 64.9 cm³/mol. The number of nitrogens with zero attached hydrogens (tertiary/aromatic N) is 2. The first-order valence-corrected chi connectivity index (χ1v) is 6.42. The molecular weight excluding hydrogens is 218 g/mol. The summed E-state index contributed by atoms with van der Waals surface area (Å²) in [5.74, 6) is 1.30. The molecule has 1 aromatic heterocycles. The molecule has 0 aliphatic carbocycles. The summed E-state index contributed by atoms with van der Waals surface area (Å²) in [5.41, 5.74) is 0. The summed E-state index contributed by atoms with van der Waals surface area (Å²) in [4.78, 5) is 4.31. The number of hydrogen-bond acceptors (Lipinski definition) is 5. The van der Waals surface area contributed by atoms with Gasteiger partial charge in [-0.05, 0) is 25.2 Å². The van der Waals surface area contributed by atoms with Crippen LogP contribution in [0, 0.1) is 5.92 Å². The Balaban J connectivity index is 1.80. The van der Waals surface area contributed by atoms with E-state index in [1.165, 1.54) is 12.8 Å². The lowest BCUT2D eigenvalue weighted by atomic mass is 10.1. The van der Waals surface area contributed by atoms with E-state index in [1.54, 1.807) is 0 Å². The van der Waals surface area contributed by atoms with Gasteiger partial charge < -0.3 is 14.6 Å². The number of rotatable bonds is 5. The van der Waals surface area contributed by atoms with Crippen LogP contribution in [0.5, 0.6) is 0 Å². The molecule has 1 aliphatic rings. The minimum absolute atomic E-state index is 0.263. The third kappa shape index (κ3) is 4.00. The molecule has 0 bridgehead atoms. The van der Waals surface area contributed by atoms with E-state index in [9.17, 15) is 0 Å². The second kappa shape index (κ2) is 6.00. The molecule has 0 aromatic carbocycles. The molecule has 0 amide bonds. The van der Waals surface area contributed by atoms with Crippen molar-refractivity contribution in [3.8, 4) is 0 Å².